The molecule has 1 aromatic carbocycles. The van der Waals surface area contributed by atoms with Gasteiger partial charge >= 0.3 is 0 Å². The van der Waals surface area contributed by atoms with Gasteiger partial charge in [-0.2, -0.15) is 0 Å². The molecule has 0 radical (unpaired) electrons. The normalized spacial score (nSPS) is 18.5. The van der Waals surface area contributed by atoms with Crippen LogP contribution in [-0.2, 0) is 24.5 Å². The second kappa shape index (κ2) is 8.48. The summed E-state index contributed by atoms with van der Waals surface area (Å²) in [5.74, 6) is 2.05. The molecule has 7 heteroatoms. The van der Waals surface area contributed by atoms with Crippen molar-refractivity contribution in [2.45, 2.75) is 45.6 Å². The first-order valence-electron chi connectivity index (χ1n) is 11.2. The molecule has 1 aromatic heterocycles. The maximum absolute atomic E-state index is 12.6. The highest BCUT2D eigenvalue weighted by Gasteiger charge is 2.31. The number of likely N-dealkylation sites (N-methyl/N-ethyl adjacent to an activating group) is 1. The standard InChI is InChI=1S/C24H30N4O3/c1-16-11-21-22(13-28(24(21)29)10-7-25-2)26-23(16)27-8-5-19(6-9-27)31-20-4-3-17-14-30-15-18(17)12-20/h3-4,11-12,19,25H,5-10,13-15H2,1-2H3. The Kier molecular flexibility index (Phi) is 5.54. The van der Waals surface area contributed by atoms with Crippen LogP contribution in [-0.4, -0.2) is 55.1 Å². The van der Waals surface area contributed by atoms with E-state index in [1.165, 1.54) is 11.1 Å². The molecule has 1 fully saturated rings. The van der Waals surface area contributed by atoms with E-state index >= 15 is 0 Å². The fourth-order valence-electron chi connectivity index (χ4n) is 4.72. The van der Waals surface area contributed by atoms with Gasteiger partial charge in [-0.3, -0.25) is 4.79 Å². The molecule has 0 spiro atoms. The van der Waals surface area contributed by atoms with E-state index in [4.69, 9.17) is 14.5 Å². The summed E-state index contributed by atoms with van der Waals surface area (Å²) in [6.45, 7) is 7.36. The molecule has 7 nitrogen and oxygen atoms in total. The predicted octanol–water partition coefficient (Wildman–Crippen LogP) is 2.64. The molecule has 2 aromatic rings. The maximum Gasteiger partial charge on any atom is 0.256 e. The number of pyridine rings is 1. The van der Waals surface area contributed by atoms with Crippen molar-refractivity contribution in [2.24, 2.45) is 0 Å². The molecule has 0 bridgehead atoms. The van der Waals surface area contributed by atoms with Crippen molar-refractivity contribution in [1.29, 1.82) is 0 Å². The van der Waals surface area contributed by atoms with E-state index in [1.807, 2.05) is 18.0 Å². The molecule has 164 valence electrons. The van der Waals surface area contributed by atoms with Crippen LogP contribution in [0.4, 0.5) is 5.82 Å². The summed E-state index contributed by atoms with van der Waals surface area (Å²) in [5, 5.41) is 3.11. The summed E-state index contributed by atoms with van der Waals surface area (Å²) in [7, 11) is 1.90. The Morgan fingerprint density at radius 3 is 2.81 bits per heavy atom. The lowest BCUT2D eigenvalue weighted by atomic mass is 10.1. The number of hydrogen-bond acceptors (Lipinski definition) is 6. The van der Waals surface area contributed by atoms with Gasteiger partial charge in [0.25, 0.3) is 5.91 Å². The lowest BCUT2D eigenvalue weighted by Gasteiger charge is -2.34. The van der Waals surface area contributed by atoms with E-state index in [2.05, 4.69) is 35.3 Å². The molecule has 31 heavy (non-hydrogen) atoms. The minimum Gasteiger partial charge on any atom is -0.490 e. The van der Waals surface area contributed by atoms with Gasteiger partial charge in [0.05, 0.1) is 31.0 Å². The van der Waals surface area contributed by atoms with E-state index < -0.39 is 0 Å². The highest BCUT2D eigenvalue weighted by atomic mass is 16.5. The summed E-state index contributed by atoms with van der Waals surface area (Å²) in [4.78, 5) is 21.8. The Morgan fingerprint density at radius 1 is 1.19 bits per heavy atom. The van der Waals surface area contributed by atoms with E-state index in [0.717, 1.165) is 60.9 Å². The number of rotatable bonds is 6. The second-order valence-corrected chi connectivity index (χ2v) is 8.68. The number of benzene rings is 1. The second-order valence-electron chi connectivity index (χ2n) is 8.68. The van der Waals surface area contributed by atoms with Crippen LogP contribution in [0.5, 0.6) is 5.75 Å². The lowest BCUT2D eigenvalue weighted by molar-refractivity contribution is 0.0780. The van der Waals surface area contributed by atoms with Gasteiger partial charge in [0, 0.05) is 39.0 Å². The molecule has 0 aliphatic carbocycles. The van der Waals surface area contributed by atoms with E-state index in [0.29, 0.717) is 26.3 Å². The maximum atomic E-state index is 12.6. The Hall–Kier alpha value is -2.64. The first kappa shape index (κ1) is 20.3. The number of fused-ring (bicyclic) bond motifs is 2. The third-order valence-electron chi connectivity index (χ3n) is 6.49. The number of aromatic nitrogens is 1. The van der Waals surface area contributed by atoms with Crippen molar-refractivity contribution in [3.63, 3.8) is 0 Å². The van der Waals surface area contributed by atoms with Crippen molar-refractivity contribution < 1.29 is 14.3 Å². The summed E-state index contributed by atoms with van der Waals surface area (Å²) in [5.41, 5.74) is 5.24. The van der Waals surface area contributed by atoms with Crippen LogP contribution < -0.4 is 15.0 Å². The van der Waals surface area contributed by atoms with Gasteiger partial charge in [0.2, 0.25) is 0 Å². The quantitative estimate of drug-likeness (QED) is 0.772. The summed E-state index contributed by atoms with van der Waals surface area (Å²) in [6.07, 6.45) is 2.13. The number of carbonyl (C=O) groups excluding carboxylic acids is 1. The zero-order valence-electron chi connectivity index (χ0n) is 18.3. The number of carbonyl (C=O) groups is 1. The first-order valence-corrected chi connectivity index (χ1v) is 11.2. The molecule has 5 rings (SSSR count). The lowest BCUT2D eigenvalue weighted by Crippen LogP contribution is -2.39. The largest absolute Gasteiger partial charge is 0.490 e. The average molecular weight is 423 g/mol. The monoisotopic (exact) mass is 422 g/mol. The Balaban J connectivity index is 1.23. The number of nitrogens with one attached hydrogen (secondary N) is 1. The fourth-order valence-corrected chi connectivity index (χ4v) is 4.72. The van der Waals surface area contributed by atoms with E-state index in [9.17, 15) is 4.79 Å². The van der Waals surface area contributed by atoms with Crippen molar-refractivity contribution in [1.82, 2.24) is 15.2 Å². The zero-order chi connectivity index (χ0) is 21.4. The van der Waals surface area contributed by atoms with Crippen LogP contribution in [0.1, 0.15) is 45.6 Å². The molecule has 0 atom stereocenters. The summed E-state index contributed by atoms with van der Waals surface area (Å²) in [6, 6.07) is 8.32. The topological polar surface area (TPSA) is 66.9 Å². The molecule has 1 saturated heterocycles. The molecule has 1 amide bonds. The van der Waals surface area contributed by atoms with Gasteiger partial charge in [-0.25, -0.2) is 4.98 Å². The van der Waals surface area contributed by atoms with Crippen molar-refractivity contribution >= 4 is 11.7 Å². The van der Waals surface area contributed by atoms with Crippen LogP contribution in [0.15, 0.2) is 24.3 Å². The number of ether oxygens (including phenoxy) is 2. The van der Waals surface area contributed by atoms with Crippen LogP contribution in [0.25, 0.3) is 0 Å². The molecular weight excluding hydrogens is 392 g/mol. The number of anilines is 1. The minimum absolute atomic E-state index is 0.0965. The van der Waals surface area contributed by atoms with Gasteiger partial charge in [-0.05, 0) is 48.9 Å². The highest BCUT2D eigenvalue weighted by molar-refractivity contribution is 5.98. The number of nitrogens with zero attached hydrogens (tertiary/aromatic N) is 3. The number of hydrogen-bond donors (Lipinski definition) is 1. The van der Waals surface area contributed by atoms with Crippen LogP contribution >= 0.6 is 0 Å². The fraction of sp³-hybridized carbons (Fsp3) is 0.500. The van der Waals surface area contributed by atoms with Crippen molar-refractivity contribution in [3.8, 4) is 5.75 Å². The number of piperidine rings is 1. The van der Waals surface area contributed by atoms with Crippen molar-refractivity contribution in [3.05, 3.63) is 52.2 Å². The molecule has 0 unspecified atom stereocenters. The van der Waals surface area contributed by atoms with Crippen molar-refractivity contribution in [2.75, 3.05) is 38.1 Å². The van der Waals surface area contributed by atoms with Crippen LogP contribution in [0.3, 0.4) is 0 Å². The smallest absolute Gasteiger partial charge is 0.256 e. The third kappa shape index (κ3) is 4.00. The predicted molar refractivity (Wildman–Crippen MR) is 118 cm³/mol. The zero-order valence-corrected chi connectivity index (χ0v) is 18.3. The Labute approximate surface area is 183 Å². The molecule has 3 aliphatic heterocycles. The van der Waals surface area contributed by atoms with Gasteiger partial charge in [-0.1, -0.05) is 6.07 Å². The first-order chi connectivity index (χ1) is 15.1. The molecule has 4 heterocycles. The summed E-state index contributed by atoms with van der Waals surface area (Å²) >= 11 is 0. The van der Waals surface area contributed by atoms with Gasteiger partial charge < -0.3 is 24.6 Å². The molecule has 1 N–H and O–H groups in total. The Bertz CT molecular complexity index is 985. The molecular formula is C24H30N4O3. The van der Waals surface area contributed by atoms with Gasteiger partial charge in [0.15, 0.2) is 0 Å². The number of aryl methyl sites for hydroxylation is 1. The van der Waals surface area contributed by atoms with Crippen LogP contribution in [0, 0.1) is 6.92 Å². The number of amides is 1. The summed E-state index contributed by atoms with van der Waals surface area (Å²) < 4.78 is 11.8. The van der Waals surface area contributed by atoms with Crippen LogP contribution in [0.2, 0.25) is 0 Å². The third-order valence-corrected chi connectivity index (χ3v) is 6.49. The van der Waals surface area contributed by atoms with Gasteiger partial charge in [-0.15, -0.1) is 0 Å². The average Bonchev–Trinajstić information content (AvgIpc) is 3.36. The highest BCUT2D eigenvalue weighted by Crippen LogP contribution is 2.30. The van der Waals surface area contributed by atoms with E-state index in [-0.39, 0.29) is 12.0 Å². The van der Waals surface area contributed by atoms with E-state index in [1.54, 1.807) is 0 Å². The molecule has 3 aliphatic rings. The van der Waals surface area contributed by atoms with Gasteiger partial charge in [0.1, 0.15) is 17.7 Å². The molecule has 0 saturated carbocycles. The Morgan fingerprint density at radius 2 is 2.00 bits per heavy atom. The SMILES string of the molecule is CNCCN1Cc2nc(N3CCC(Oc4ccc5c(c4)COC5)CC3)c(C)cc2C1=O. The minimum atomic E-state index is 0.0965.